The lowest BCUT2D eigenvalue weighted by Gasteiger charge is -2.04. The molecule has 0 saturated heterocycles. The summed E-state index contributed by atoms with van der Waals surface area (Å²) in [5.74, 6) is -2.21. The lowest BCUT2D eigenvalue weighted by atomic mass is 10.2. The number of nitrogens with one attached hydrogen (secondary N) is 1. The topological polar surface area (TPSA) is 99.5 Å². The Kier molecular flexibility index (Phi) is 4.37. The van der Waals surface area contributed by atoms with Gasteiger partial charge in [0.25, 0.3) is 5.91 Å². The molecule has 0 saturated carbocycles. The van der Waals surface area contributed by atoms with Gasteiger partial charge in [-0.1, -0.05) is 23.7 Å². The molecule has 0 atom stereocenters. The minimum Gasteiger partial charge on any atom is -0.505 e. The van der Waals surface area contributed by atoms with E-state index >= 15 is 0 Å². The van der Waals surface area contributed by atoms with Gasteiger partial charge in [-0.15, -0.1) is 11.3 Å². The lowest BCUT2D eigenvalue weighted by molar-refractivity contribution is -0.135. The van der Waals surface area contributed by atoms with Crippen molar-refractivity contribution < 1.29 is 19.8 Å². The zero-order chi connectivity index (χ0) is 17.3. The highest BCUT2D eigenvalue weighted by molar-refractivity contribution is 7.22. The number of rotatable bonds is 4. The maximum absolute atomic E-state index is 11.9. The molecule has 24 heavy (non-hydrogen) atoms. The van der Waals surface area contributed by atoms with Crippen LogP contribution in [0.4, 0.5) is 0 Å². The number of fused-ring (bicyclic) bond motifs is 1. The summed E-state index contributed by atoms with van der Waals surface area (Å²) in [5, 5.41) is 21.4. The number of carboxylic acid groups (broad SMARTS) is 1. The molecule has 1 aromatic carbocycles. The van der Waals surface area contributed by atoms with Gasteiger partial charge < -0.3 is 15.5 Å². The van der Waals surface area contributed by atoms with Gasteiger partial charge in [-0.05, 0) is 23.8 Å². The van der Waals surface area contributed by atoms with E-state index in [1.807, 2.05) is 12.1 Å². The van der Waals surface area contributed by atoms with Crippen LogP contribution in [-0.4, -0.2) is 33.6 Å². The van der Waals surface area contributed by atoms with E-state index in [4.69, 9.17) is 16.7 Å². The third kappa shape index (κ3) is 3.32. The molecule has 0 bridgehead atoms. The Morgan fingerprint density at radius 2 is 1.92 bits per heavy atom. The average molecular weight is 363 g/mol. The standard InChI is InChI=1S/C16H11ClN2O4S/c17-9-3-1-8(2-4-9)12-5-10-13(24-12)6-11(20)15(19-10)16(23)18-7-14(21)22/h1-6,20H,7H2,(H,18,23)(H,21,22). The molecule has 1 amide bonds. The molecule has 2 aromatic heterocycles. The van der Waals surface area contributed by atoms with E-state index < -0.39 is 18.4 Å². The van der Waals surface area contributed by atoms with Crippen molar-refractivity contribution in [3.8, 4) is 16.2 Å². The van der Waals surface area contributed by atoms with E-state index in [9.17, 15) is 14.7 Å². The molecule has 0 fully saturated rings. The molecule has 3 rings (SSSR count). The van der Waals surface area contributed by atoms with E-state index in [2.05, 4.69) is 10.3 Å². The van der Waals surface area contributed by atoms with Crippen LogP contribution in [-0.2, 0) is 4.79 Å². The van der Waals surface area contributed by atoms with Crippen molar-refractivity contribution in [2.45, 2.75) is 0 Å². The fourth-order valence-electron chi connectivity index (χ4n) is 2.12. The van der Waals surface area contributed by atoms with Gasteiger partial charge in [0, 0.05) is 16.0 Å². The number of halogens is 1. The number of carboxylic acids is 1. The minimum absolute atomic E-state index is 0.204. The second-order valence-corrected chi connectivity index (χ2v) is 6.45. The number of aromatic hydroxyl groups is 1. The van der Waals surface area contributed by atoms with E-state index in [-0.39, 0.29) is 11.4 Å². The first-order valence-electron chi connectivity index (χ1n) is 6.83. The van der Waals surface area contributed by atoms with Crippen molar-refractivity contribution in [2.24, 2.45) is 0 Å². The van der Waals surface area contributed by atoms with Crippen LogP contribution < -0.4 is 5.32 Å². The van der Waals surface area contributed by atoms with Gasteiger partial charge in [0.15, 0.2) is 5.69 Å². The molecular formula is C16H11ClN2O4S. The molecular weight excluding hydrogens is 352 g/mol. The first-order valence-corrected chi connectivity index (χ1v) is 8.03. The smallest absolute Gasteiger partial charge is 0.322 e. The molecule has 0 spiro atoms. The summed E-state index contributed by atoms with van der Waals surface area (Å²) in [6.07, 6.45) is 0. The summed E-state index contributed by atoms with van der Waals surface area (Å²) in [6.45, 7) is -0.544. The third-order valence-electron chi connectivity index (χ3n) is 3.23. The molecule has 2 heterocycles. The van der Waals surface area contributed by atoms with Crippen LogP contribution in [0.5, 0.6) is 5.75 Å². The van der Waals surface area contributed by atoms with E-state index in [0.717, 1.165) is 10.4 Å². The van der Waals surface area contributed by atoms with Crippen molar-refractivity contribution in [1.82, 2.24) is 10.3 Å². The number of hydrogen-bond donors (Lipinski definition) is 3. The summed E-state index contributed by atoms with van der Waals surface area (Å²) in [4.78, 5) is 27.5. The van der Waals surface area contributed by atoms with Gasteiger partial charge >= 0.3 is 5.97 Å². The highest BCUT2D eigenvalue weighted by atomic mass is 35.5. The van der Waals surface area contributed by atoms with Crippen LogP contribution in [0.1, 0.15) is 10.5 Å². The third-order valence-corrected chi connectivity index (χ3v) is 4.60. The van der Waals surface area contributed by atoms with Crippen LogP contribution in [0.25, 0.3) is 20.7 Å². The number of aliphatic carboxylic acids is 1. The number of carbonyl (C=O) groups is 2. The molecule has 3 aromatic rings. The van der Waals surface area contributed by atoms with Crippen molar-refractivity contribution in [1.29, 1.82) is 0 Å². The second kappa shape index (κ2) is 6.46. The molecule has 0 unspecified atom stereocenters. The van der Waals surface area contributed by atoms with E-state index in [1.54, 1.807) is 18.2 Å². The van der Waals surface area contributed by atoms with Gasteiger partial charge in [-0.3, -0.25) is 9.59 Å². The second-order valence-electron chi connectivity index (χ2n) is 4.93. The Bertz CT molecular complexity index is 937. The lowest BCUT2D eigenvalue weighted by Crippen LogP contribution is -2.29. The monoisotopic (exact) mass is 362 g/mol. The van der Waals surface area contributed by atoms with Crippen LogP contribution in [0.3, 0.4) is 0 Å². The fourth-order valence-corrected chi connectivity index (χ4v) is 3.29. The Hall–Kier alpha value is -2.64. The number of hydrogen-bond acceptors (Lipinski definition) is 5. The quantitative estimate of drug-likeness (QED) is 0.662. The molecule has 0 aliphatic rings. The van der Waals surface area contributed by atoms with Crippen molar-refractivity contribution in [3.63, 3.8) is 0 Å². The Balaban J connectivity index is 1.97. The number of benzene rings is 1. The van der Waals surface area contributed by atoms with Crippen molar-refractivity contribution in [2.75, 3.05) is 6.54 Å². The van der Waals surface area contributed by atoms with Crippen LogP contribution >= 0.6 is 22.9 Å². The van der Waals surface area contributed by atoms with Crippen molar-refractivity contribution in [3.05, 3.63) is 47.1 Å². The van der Waals surface area contributed by atoms with E-state index in [0.29, 0.717) is 15.2 Å². The average Bonchev–Trinajstić information content (AvgIpc) is 2.95. The van der Waals surface area contributed by atoms with E-state index in [1.165, 1.54) is 17.4 Å². The predicted octanol–water partition coefficient (Wildman–Crippen LogP) is 3.14. The summed E-state index contributed by atoms with van der Waals surface area (Å²) in [7, 11) is 0. The zero-order valence-corrected chi connectivity index (χ0v) is 13.7. The van der Waals surface area contributed by atoms with Gasteiger partial charge in [-0.25, -0.2) is 4.98 Å². The first-order chi connectivity index (χ1) is 11.4. The molecule has 0 radical (unpaired) electrons. The largest absolute Gasteiger partial charge is 0.505 e. The maximum Gasteiger partial charge on any atom is 0.322 e. The van der Waals surface area contributed by atoms with Crippen LogP contribution in [0, 0.1) is 0 Å². The number of nitrogens with zero attached hydrogens (tertiary/aromatic N) is 1. The Morgan fingerprint density at radius 3 is 2.58 bits per heavy atom. The number of pyridine rings is 1. The van der Waals surface area contributed by atoms with Gasteiger partial charge in [0.1, 0.15) is 12.3 Å². The van der Waals surface area contributed by atoms with Crippen LogP contribution in [0.15, 0.2) is 36.4 Å². The fraction of sp³-hybridized carbons (Fsp3) is 0.0625. The number of carbonyl (C=O) groups excluding carboxylic acids is 1. The van der Waals surface area contributed by atoms with Crippen molar-refractivity contribution >= 4 is 45.0 Å². The summed E-state index contributed by atoms with van der Waals surface area (Å²) >= 11 is 7.30. The minimum atomic E-state index is -1.18. The number of amides is 1. The highest BCUT2D eigenvalue weighted by Crippen LogP contribution is 2.35. The maximum atomic E-state index is 11.9. The Morgan fingerprint density at radius 1 is 1.21 bits per heavy atom. The molecule has 3 N–H and O–H groups in total. The summed E-state index contributed by atoms with van der Waals surface area (Å²) in [5.41, 5.74) is 1.28. The number of aromatic nitrogens is 1. The molecule has 0 aliphatic carbocycles. The molecule has 8 heteroatoms. The summed E-state index contributed by atoms with van der Waals surface area (Å²) in [6, 6.07) is 10.5. The first kappa shape index (κ1) is 16.2. The van der Waals surface area contributed by atoms with Crippen LogP contribution in [0.2, 0.25) is 5.02 Å². The zero-order valence-electron chi connectivity index (χ0n) is 12.1. The molecule has 0 aliphatic heterocycles. The normalized spacial score (nSPS) is 10.7. The number of thiophene rings is 1. The molecule has 6 nitrogen and oxygen atoms in total. The highest BCUT2D eigenvalue weighted by Gasteiger charge is 2.17. The van der Waals surface area contributed by atoms with Gasteiger partial charge in [0.05, 0.1) is 10.2 Å². The molecule has 122 valence electrons. The summed E-state index contributed by atoms with van der Waals surface area (Å²) < 4.78 is 0.715. The van der Waals surface area contributed by atoms with Gasteiger partial charge in [0.2, 0.25) is 0 Å². The SMILES string of the molecule is O=C(O)CNC(=O)c1nc2cc(-c3ccc(Cl)cc3)sc2cc1O. The predicted molar refractivity (Wildman–Crippen MR) is 91.7 cm³/mol. The van der Waals surface area contributed by atoms with Gasteiger partial charge in [-0.2, -0.15) is 0 Å². The Labute approximate surface area is 145 Å².